The van der Waals surface area contributed by atoms with Gasteiger partial charge >= 0.3 is 0 Å². The molecule has 0 fully saturated rings. The number of nitrogens with zero attached hydrogens (tertiary/aromatic N) is 1. The second-order valence-corrected chi connectivity index (χ2v) is 3.76. The van der Waals surface area contributed by atoms with Crippen molar-refractivity contribution in [3.05, 3.63) is 29.1 Å². The Morgan fingerprint density at radius 1 is 1.38 bits per heavy atom. The number of hydrogen-bond acceptors (Lipinski definition) is 1. The molecule has 1 heterocycles. The van der Waals surface area contributed by atoms with Crippen LogP contribution in [-0.2, 0) is 6.42 Å². The quantitative estimate of drug-likeness (QED) is 0.591. The van der Waals surface area contributed by atoms with Gasteiger partial charge in [0.05, 0.1) is 0 Å². The van der Waals surface area contributed by atoms with E-state index in [-0.39, 0.29) is 5.82 Å². The van der Waals surface area contributed by atoms with Gasteiger partial charge in [0.25, 0.3) is 0 Å². The van der Waals surface area contributed by atoms with E-state index in [0.717, 1.165) is 24.2 Å². The number of halogens is 1. The fourth-order valence-electron chi connectivity index (χ4n) is 1.91. The monoisotopic (exact) mass is 179 g/mol. The van der Waals surface area contributed by atoms with Crippen LogP contribution in [0.2, 0.25) is 0 Å². The summed E-state index contributed by atoms with van der Waals surface area (Å²) in [5, 5.41) is 0. The van der Waals surface area contributed by atoms with E-state index in [2.05, 4.69) is 4.90 Å². The van der Waals surface area contributed by atoms with Crippen LogP contribution in [-0.4, -0.2) is 13.6 Å². The smallest absolute Gasteiger partial charge is 0.128 e. The minimum Gasteiger partial charge on any atom is -0.374 e. The highest BCUT2D eigenvalue weighted by Gasteiger charge is 2.15. The van der Waals surface area contributed by atoms with Gasteiger partial charge in [-0.25, -0.2) is 4.39 Å². The van der Waals surface area contributed by atoms with E-state index in [0.29, 0.717) is 0 Å². The highest BCUT2D eigenvalue weighted by molar-refractivity contribution is 5.56. The molecule has 0 unspecified atom stereocenters. The summed E-state index contributed by atoms with van der Waals surface area (Å²) in [4.78, 5) is 2.13. The van der Waals surface area contributed by atoms with Crippen molar-refractivity contribution in [2.75, 3.05) is 18.5 Å². The number of aryl methyl sites for hydroxylation is 2. The zero-order valence-corrected chi connectivity index (χ0v) is 8.10. The van der Waals surface area contributed by atoms with E-state index in [1.54, 1.807) is 6.07 Å². The number of rotatable bonds is 0. The van der Waals surface area contributed by atoms with Crippen LogP contribution in [0, 0.1) is 12.7 Å². The summed E-state index contributed by atoms with van der Waals surface area (Å²) in [6.45, 7) is 2.86. The third-order valence-corrected chi connectivity index (χ3v) is 2.71. The van der Waals surface area contributed by atoms with Crippen LogP contribution in [0.25, 0.3) is 0 Å². The van der Waals surface area contributed by atoms with Crippen LogP contribution >= 0.6 is 0 Å². The lowest BCUT2D eigenvalue weighted by Gasteiger charge is -2.27. The molecule has 0 saturated heterocycles. The Labute approximate surface area is 78.2 Å². The van der Waals surface area contributed by atoms with Crippen molar-refractivity contribution in [3.8, 4) is 0 Å². The van der Waals surface area contributed by atoms with Crippen LogP contribution in [0.15, 0.2) is 12.1 Å². The van der Waals surface area contributed by atoms with E-state index in [1.807, 2.05) is 20.0 Å². The lowest BCUT2D eigenvalue weighted by Crippen LogP contribution is -2.24. The summed E-state index contributed by atoms with van der Waals surface area (Å²) in [5.41, 5.74) is 3.11. The predicted octanol–water partition coefficient (Wildman–Crippen LogP) is 2.52. The van der Waals surface area contributed by atoms with Crippen molar-refractivity contribution in [1.29, 1.82) is 0 Å². The Morgan fingerprint density at radius 2 is 2.15 bits per heavy atom. The maximum atomic E-state index is 13.3. The average molecular weight is 179 g/mol. The largest absolute Gasteiger partial charge is 0.374 e. The van der Waals surface area contributed by atoms with Crippen molar-refractivity contribution in [2.24, 2.45) is 0 Å². The third kappa shape index (κ3) is 1.41. The minimum atomic E-state index is -0.0903. The van der Waals surface area contributed by atoms with Crippen molar-refractivity contribution in [3.63, 3.8) is 0 Å². The summed E-state index contributed by atoms with van der Waals surface area (Å²) in [5.74, 6) is -0.0903. The van der Waals surface area contributed by atoms with Gasteiger partial charge in [-0.05, 0) is 37.0 Å². The third-order valence-electron chi connectivity index (χ3n) is 2.71. The second kappa shape index (κ2) is 3.02. The number of fused-ring (bicyclic) bond motifs is 1. The normalized spacial score (nSPS) is 15.8. The van der Waals surface area contributed by atoms with Gasteiger partial charge in [-0.1, -0.05) is 6.07 Å². The van der Waals surface area contributed by atoms with Gasteiger partial charge in [0.2, 0.25) is 0 Å². The van der Waals surface area contributed by atoms with Crippen LogP contribution < -0.4 is 4.90 Å². The molecule has 1 aliphatic rings. The molecule has 0 atom stereocenters. The van der Waals surface area contributed by atoms with E-state index < -0.39 is 0 Å². The van der Waals surface area contributed by atoms with Crippen molar-refractivity contribution in [1.82, 2.24) is 0 Å². The predicted molar refractivity (Wildman–Crippen MR) is 52.7 cm³/mol. The van der Waals surface area contributed by atoms with Crippen molar-refractivity contribution < 1.29 is 4.39 Å². The standard InChI is InChI=1S/C11H14FN/c1-8-6-9-4-3-5-13(2)11(9)7-10(8)12/h6-7H,3-5H2,1-2H3. The fraction of sp³-hybridized carbons (Fsp3) is 0.455. The Kier molecular flexibility index (Phi) is 1.98. The number of hydrogen-bond donors (Lipinski definition) is 0. The van der Waals surface area contributed by atoms with Gasteiger partial charge in [-0.2, -0.15) is 0 Å². The molecule has 70 valence electrons. The summed E-state index contributed by atoms with van der Waals surface area (Å²) in [6, 6.07) is 3.63. The van der Waals surface area contributed by atoms with E-state index in [4.69, 9.17) is 0 Å². The van der Waals surface area contributed by atoms with Gasteiger partial charge in [-0.15, -0.1) is 0 Å². The molecule has 0 bridgehead atoms. The second-order valence-electron chi connectivity index (χ2n) is 3.76. The van der Waals surface area contributed by atoms with Gasteiger partial charge < -0.3 is 4.90 Å². The van der Waals surface area contributed by atoms with Crippen molar-refractivity contribution in [2.45, 2.75) is 19.8 Å². The first-order valence-corrected chi connectivity index (χ1v) is 4.68. The summed E-state index contributed by atoms with van der Waals surface area (Å²) in [6.07, 6.45) is 2.26. The highest BCUT2D eigenvalue weighted by atomic mass is 19.1. The molecule has 2 heteroatoms. The Morgan fingerprint density at radius 3 is 2.92 bits per heavy atom. The van der Waals surface area contributed by atoms with Crippen LogP contribution in [0.3, 0.4) is 0 Å². The SMILES string of the molecule is Cc1cc2c(cc1F)N(C)CCC2. The zero-order chi connectivity index (χ0) is 9.42. The summed E-state index contributed by atoms with van der Waals surface area (Å²) < 4.78 is 13.3. The summed E-state index contributed by atoms with van der Waals surface area (Å²) in [7, 11) is 2.02. The van der Waals surface area contributed by atoms with Gasteiger partial charge in [0.15, 0.2) is 0 Å². The molecule has 0 N–H and O–H groups in total. The maximum Gasteiger partial charge on any atom is 0.128 e. The molecule has 0 saturated carbocycles. The van der Waals surface area contributed by atoms with E-state index in [1.165, 1.54) is 12.0 Å². The van der Waals surface area contributed by atoms with Crippen LogP contribution in [0.5, 0.6) is 0 Å². The first-order chi connectivity index (χ1) is 6.18. The molecular weight excluding hydrogens is 165 g/mol. The molecule has 0 amide bonds. The van der Waals surface area contributed by atoms with Crippen LogP contribution in [0.1, 0.15) is 17.5 Å². The Balaban J connectivity index is 2.52. The molecular formula is C11H14FN. The van der Waals surface area contributed by atoms with E-state index in [9.17, 15) is 4.39 Å². The zero-order valence-electron chi connectivity index (χ0n) is 8.10. The summed E-state index contributed by atoms with van der Waals surface area (Å²) >= 11 is 0. The number of anilines is 1. The Hall–Kier alpha value is -1.05. The van der Waals surface area contributed by atoms with Crippen molar-refractivity contribution >= 4 is 5.69 Å². The molecule has 2 rings (SSSR count). The molecule has 1 aliphatic heterocycles. The molecule has 1 nitrogen and oxygen atoms in total. The van der Waals surface area contributed by atoms with Gasteiger partial charge in [0, 0.05) is 19.3 Å². The lowest BCUT2D eigenvalue weighted by molar-refractivity contribution is 0.613. The molecule has 0 spiro atoms. The van der Waals surface area contributed by atoms with Crippen LogP contribution in [0.4, 0.5) is 10.1 Å². The minimum absolute atomic E-state index is 0.0903. The first-order valence-electron chi connectivity index (χ1n) is 4.68. The molecule has 1 aromatic carbocycles. The molecule has 1 aromatic rings. The van der Waals surface area contributed by atoms with Gasteiger partial charge in [0.1, 0.15) is 5.82 Å². The molecule has 0 aliphatic carbocycles. The Bertz CT molecular complexity index is 333. The molecule has 0 aromatic heterocycles. The fourth-order valence-corrected chi connectivity index (χ4v) is 1.91. The molecule has 13 heavy (non-hydrogen) atoms. The molecule has 0 radical (unpaired) electrons. The number of benzene rings is 1. The lowest BCUT2D eigenvalue weighted by atomic mass is 10.00. The highest BCUT2D eigenvalue weighted by Crippen LogP contribution is 2.28. The topological polar surface area (TPSA) is 3.24 Å². The first kappa shape index (κ1) is 8.54. The average Bonchev–Trinajstić information content (AvgIpc) is 2.09. The van der Waals surface area contributed by atoms with Gasteiger partial charge in [-0.3, -0.25) is 0 Å². The van der Waals surface area contributed by atoms with E-state index >= 15 is 0 Å². The maximum absolute atomic E-state index is 13.3.